The van der Waals surface area contributed by atoms with Crippen LogP contribution in [0.1, 0.15) is 17.7 Å². The maximum Gasteiger partial charge on any atom is 0.416 e. The quantitative estimate of drug-likeness (QED) is 0.326. The van der Waals surface area contributed by atoms with Gasteiger partial charge in [0.05, 0.1) is 11.3 Å². The van der Waals surface area contributed by atoms with E-state index in [-0.39, 0.29) is 21.3 Å². The molecule has 0 unspecified atom stereocenters. The summed E-state index contributed by atoms with van der Waals surface area (Å²) in [6.07, 6.45) is -7.47. The van der Waals surface area contributed by atoms with E-state index in [4.69, 9.17) is 5.14 Å². The predicted molar refractivity (Wildman–Crippen MR) is 118 cm³/mol. The van der Waals surface area contributed by atoms with Gasteiger partial charge in [0.15, 0.2) is 5.82 Å². The highest BCUT2D eigenvalue weighted by Crippen LogP contribution is 2.34. The van der Waals surface area contributed by atoms with Gasteiger partial charge in [0.2, 0.25) is 10.0 Å². The molecule has 0 aliphatic heterocycles. The average Bonchev–Trinajstić information content (AvgIpc) is 3.29. The number of aromatic nitrogens is 2. The van der Waals surface area contributed by atoms with Crippen LogP contribution in [0.4, 0.5) is 22.0 Å². The Labute approximate surface area is 194 Å². The van der Waals surface area contributed by atoms with E-state index in [1.54, 1.807) is 30.3 Å². The summed E-state index contributed by atoms with van der Waals surface area (Å²) in [5.41, 5.74) is -0.267. The second-order valence-electron chi connectivity index (χ2n) is 7.12. The average molecular weight is 511 g/mol. The van der Waals surface area contributed by atoms with Gasteiger partial charge in [-0.1, -0.05) is 30.3 Å². The Morgan fingerprint density at radius 1 is 0.853 bits per heavy atom. The molecule has 2 N–H and O–H groups in total. The monoisotopic (exact) mass is 511 g/mol. The lowest BCUT2D eigenvalue weighted by Crippen LogP contribution is -2.09. The number of hydrogen-bond acceptors (Lipinski definition) is 5. The summed E-state index contributed by atoms with van der Waals surface area (Å²) in [6, 6.07) is 14.4. The van der Waals surface area contributed by atoms with Gasteiger partial charge in [0.25, 0.3) is 6.43 Å². The highest BCUT2D eigenvalue weighted by Gasteiger charge is 2.30. The Morgan fingerprint density at radius 3 is 2.12 bits per heavy atom. The van der Waals surface area contributed by atoms with Gasteiger partial charge < -0.3 is 0 Å². The fourth-order valence-corrected chi connectivity index (χ4v) is 4.85. The van der Waals surface area contributed by atoms with Crippen molar-refractivity contribution in [3.63, 3.8) is 0 Å². The highest BCUT2D eigenvalue weighted by atomic mass is 32.2. The first-order valence-electron chi connectivity index (χ1n) is 9.50. The van der Waals surface area contributed by atoms with Crippen LogP contribution >= 0.6 is 11.3 Å². The van der Waals surface area contributed by atoms with Crippen LogP contribution in [-0.2, 0) is 16.2 Å². The maximum absolute atomic E-state index is 13.5. The van der Waals surface area contributed by atoms with E-state index >= 15 is 0 Å². The zero-order valence-electron chi connectivity index (χ0n) is 16.9. The Kier molecular flexibility index (Phi) is 6.23. The molecule has 0 amide bonds. The molecule has 0 bridgehead atoms. The number of nitrogens with two attached hydrogens (primary N) is 1. The number of benzene rings is 2. The Balaban J connectivity index is 1.77. The number of halogens is 5. The molecule has 2 heterocycles. The molecule has 2 aromatic heterocycles. The minimum Gasteiger partial charge on any atom is -0.228 e. The van der Waals surface area contributed by atoms with E-state index < -0.39 is 33.9 Å². The van der Waals surface area contributed by atoms with E-state index in [1.807, 2.05) is 0 Å². The molecule has 4 rings (SSSR count). The van der Waals surface area contributed by atoms with Crippen molar-refractivity contribution in [3.8, 4) is 33.1 Å². The molecule has 34 heavy (non-hydrogen) atoms. The van der Waals surface area contributed by atoms with Crippen molar-refractivity contribution in [2.24, 2.45) is 5.14 Å². The van der Waals surface area contributed by atoms with E-state index in [0.717, 1.165) is 41.7 Å². The summed E-state index contributed by atoms with van der Waals surface area (Å²) in [5, 5.41) is 5.15. The maximum atomic E-state index is 13.5. The van der Waals surface area contributed by atoms with Gasteiger partial charge in [0, 0.05) is 16.0 Å². The number of sulfonamides is 1. The van der Waals surface area contributed by atoms with Crippen molar-refractivity contribution < 1.29 is 30.4 Å². The van der Waals surface area contributed by atoms with Crippen molar-refractivity contribution in [3.05, 3.63) is 78.0 Å². The van der Waals surface area contributed by atoms with Gasteiger partial charge in [-0.15, -0.1) is 11.3 Å². The molecular formula is C22H14F5N3O2S2. The first-order valence-corrected chi connectivity index (χ1v) is 11.9. The van der Waals surface area contributed by atoms with Gasteiger partial charge in [0.1, 0.15) is 9.90 Å². The largest absolute Gasteiger partial charge is 0.416 e. The molecule has 0 fully saturated rings. The van der Waals surface area contributed by atoms with Crippen molar-refractivity contribution in [1.29, 1.82) is 0 Å². The smallest absolute Gasteiger partial charge is 0.228 e. The number of alkyl halides is 5. The lowest BCUT2D eigenvalue weighted by Gasteiger charge is -2.11. The number of nitrogens with zero attached hydrogens (tertiary/aromatic N) is 2. The summed E-state index contributed by atoms with van der Waals surface area (Å²) in [7, 11) is -3.88. The minimum atomic E-state index is -4.53. The highest BCUT2D eigenvalue weighted by molar-refractivity contribution is 7.91. The number of hydrogen-bond donors (Lipinski definition) is 1. The van der Waals surface area contributed by atoms with Gasteiger partial charge in [-0.3, -0.25) is 0 Å². The number of rotatable bonds is 5. The topological polar surface area (TPSA) is 85.9 Å². The molecule has 0 spiro atoms. The molecule has 5 nitrogen and oxygen atoms in total. The second kappa shape index (κ2) is 8.85. The van der Waals surface area contributed by atoms with Crippen LogP contribution in [0.25, 0.3) is 33.1 Å². The van der Waals surface area contributed by atoms with Crippen LogP contribution < -0.4 is 5.14 Å². The summed E-state index contributed by atoms with van der Waals surface area (Å²) in [5.74, 6) is -0.0576. The third kappa shape index (κ3) is 5.13. The molecule has 12 heteroatoms. The summed E-state index contributed by atoms with van der Waals surface area (Å²) < 4.78 is 88.7. The Bertz CT molecular complexity index is 1450. The lowest BCUT2D eigenvalue weighted by molar-refractivity contribution is -0.137. The molecule has 0 aliphatic carbocycles. The third-order valence-corrected chi connectivity index (χ3v) is 7.32. The normalized spacial score (nSPS) is 12.3. The van der Waals surface area contributed by atoms with E-state index in [9.17, 15) is 30.4 Å². The summed E-state index contributed by atoms with van der Waals surface area (Å²) in [6.45, 7) is 0. The van der Waals surface area contributed by atoms with Crippen molar-refractivity contribution in [2.45, 2.75) is 16.8 Å². The molecule has 2 aromatic carbocycles. The SMILES string of the molecule is NS(=O)(=O)c1ccc(-c2cccc(-c3nc(-c4ccc(C(F)(F)F)cc4)cc(C(F)F)n3)c2)s1. The molecule has 0 saturated heterocycles. The Morgan fingerprint density at radius 2 is 1.53 bits per heavy atom. The van der Waals surface area contributed by atoms with E-state index in [1.165, 1.54) is 6.07 Å². The van der Waals surface area contributed by atoms with Gasteiger partial charge >= 0.3 is 6.18 Å². The first-order chi connectivity index (χ1) is 15.9. The summed E-state index contributed by atoms with van der Waals surface area (Å²) >= 11 is 0.942. The van der Waals surface area contributed by atoms with E-state index in [0.29, 0.717) is 16.0 Å². The standard InChI is InChI=1S/C22H14F5N3O2S2/c23-20(24)17-11-16(12-4-6-15(7-5-12)22(25,26)27)29-21(30-17)14-3-1-2-13(10-14)18-8-9-19(33-18)34(28,31)32/h1-11,20H,(H2,28,31,32). The van der Waals surface area contributed by atoms with Crippen LogP contribution in [0, 0.1) is 0 Å². The lowest BCUT2D eigenvalue weighted by atomic mass is 10.1. The van der Waals surface area contributed by atoms with Crippen LogP contribution in [0.15, 0.2) is 70.9 Å². The van der Waals surface area contributed by atoms with Crippen molar-refractivity contribution >= 4 is 21.4 Å². The van der Waals surface area contributed by atoms with Gasteiger partial charge in [-0.2, -0.15) is 13.2 Å². The fraction of sp³-hybridized carbons (Fsp3) is 0.0909. The molecular weight excluding hydrogens is 497 g/mol. The fourth-order valence-electron chi connectivity index (χ4n) is 3.12. The van der Waals surface area contributed by atoms with Gasteiger partial charge in [-0.25, -0.2) is 32.3 Å². The van der Waals surface area contributed by atoms with Crippen molar-refractivity contribution in [2.75, 3.05) is 0 Å². The first kappa shape index (κ1) is 23.9. The molecule has 0 atom stereocenters. The predicted octanol–water partition coefficient (Wildman–Crippen LogP) is 6.14. The van der Waals surface area contributed by atoms with Crippen LogP contribution in [-0.4, -0.2) is 18.4 Å². The number of thiophene rings is 1. The second-order valence-corrected chi connectivity index (χ2v) is 9.99. The molecule has 0 radical (unpaired) electrons. The van der Waals surface area contributed by atoms with Crippen LogP contribution in [0.3, 0.4) is 0 Å². The third-order valence-electron chi connectivity index (χ3n) is 4.74. The Hall–Kier alpha value is -3.22. The van der Waals surface area contributed by atoms with E-state index in [2.05, 4.69) is 9.97 Å². The molecule has 176 valence electrons. The van der Waals surface area contributed by atoms with Crippen molar-refractivity contribution in [1.82, 2.24) is 9.97 Å². The molecule has 0 aliphatic rings. The molecule has 4 aromatic rings. The zero-order valence-corrected chi connectivity index (χ0v) is 18.6. The molecule has 0 saturated carbocycles. The van der Waals surface area contributed by atoms with Crippen LogP contribution in [0.5, 0.6) is 0 Å². The summed E-state index contributed by atoms with van der Waals surface area (Å²) in [4.78, 5) is 8.77. The minimum absolute atomic E-state index is 0.0339. The zero-order chi connectivity index (χ0) is 24.7. The number of primary sulfonamides is 1. The van der Waals surface area contributed by atoms with Crippen LogP contribution in [0.2, 0.25) is 0 Å². The van der Waals surface area contributed by atoms with Gasteiger partial charge in [-0.05, 0) is 42.0 Å².